The lowest BCUT2D eigenvalue weighted by Crippen LogP contribution is -2.58. The van der Waals surface area contributed by atoms with Crippen LogP contribution in [0.3, 0.4) is 0 Å². The number of β-amino-alcohol motifs (C(OH)–C–C–N with tert-alkyl or cyclic N) is 1. The number of aryl methyl sites for hydroxylation is 1. The van der Waals surface area contributed by atoms with Gasteiger partial charge in [0, 0.05) is 61.0 Å². The van der Waals surface area contributed by atoms with Crippen molar-refractivity contribution in [2.45, 2.75) is 104 Å². The normalized spacial score (nSPS) is 17.5. The summed E-state index contributed by atoms with van der Waals surface area (Å²) < 4.78 is 0. The summed E-state index contributed by atoms with van der Waals surface area (Å²) in [6.07, 6.45) is -0.00750. The number of rotatable bonds is 15. The van der Waals surface area contributed by atoms with E-state index in [9.17, 15) is 29.1 Å². The molecule has 5 N–H and O–H groups in total. The lowest BCUT2D eigenvalue weighted by Gasteiger charge is -2.39. The molecule has 1 fully saturated rings. The molecule has 0 spiro atoms. The van der Waals surface area contributed by atoms with Crippen LogP contribution in [0.1, 0.15) is 91.8 Å². The molecular formula is C62H64ClN7O6S. The standard InChI is InChI=1S/C62H64ClN7O6S/c1-37-29-53(67-50-26-24-49(63)25-27-50)52-31-48(23-28-54(52)70(37)39(3)71)45-19-21-47(22-20-45)59(74)64-33-41-9-15-44(16-10-41)43-13-7-40(8-14-43)30-56(73)68-58(62(4,5)6)61(76)69-35-51(72)32-55(69)60(75)65-34-42-11-17-46(18-12-42)57-38(2)66-36-77-57/h7-28,31,36-37,51,53,55,58,67,72H,29-30,32-35H2,1-6H3,(H,64,74)(H,65,75)(H,68,73)/t37-,51+,53+,55-,58+/m0/s1. The lowest BCUT2D eigenvalue weighted by atomic mass is 9.85. The highest BCUT2D eigenvalue weighted by atomic mass is 35.5. The Morgan fingerprint density at radius 2 is 1.31 bits per heavy atom. The van der Waals surface area contributed by atoms with Crippen LogP contribution in [-0.4, -0.2) is 75.3 Å². The number of carbonyl (C=O) groups excluding carboxylic acids is 5. The minimum absolute atomic E-state index is 0.00376. The first-order valence-corrected chi connectivity index (χ1v) is 27.2. The van der Waals surface area contributed by atoms with Gasteiger partial charge in [-0.1, -0.05) is 123 Å². The molecule has 0 saturated carbocycles. The third-order valence-electron chi connectivity index (χ3n) is 14.5. The average Bonchev–Trinajstić information content (AvgIpc) is 4.07. The van der Waals surface area contributed by atoms with E-state index in [0.29, 0.717) is 17.1 Å². The van der Waals surface area contributed by atoms with E-state index >= 15 is 0 Å². The predicted molar refractivity (Wildman–Crippen MR) is 305 cm³/mol. The molecule has 396 valence electrons. The molecule has 15 heteroatoms. The van der Waals surface area contributed by atoms with E-state index in [-0.39, 0.29) is 61.6 Å². The van der Waals surface area contributed by atoms with Crippen LogP contribution in [0.5, 0.6) is 0 Å². The second-order valence-corrected chi connectivity index (χ2v) is 22.5. The van der Waals surface area contributed by atoms with Crippen LogP contribution >= 0.6 is 22.9 Å². The molecule has 9 rings (SSSR count). The Bertz CT molecular complexity index is 3270. The first kappa shape index (κ1) is 54.2. The van der Waals surface area contributed by atoms with Crippen molar-refractivity contribution in [3.05, 3.63) is 184 Å². The van der Waals surface area contributed by atoms with E-state index in [0.717, 1.165) is 78.4 Å². The molecule has 3 heterocycles. The van der Waals surface area contributed by atoms with Crippen LogP contribution < -0.4 is 26.2 Å². The maximum atomic E-state index is 14.2. The number of halogens is 1. The molecule has 5 amide bonds. The number of likely N-dealkylation sites (tertiary alicyclic amines) is 1. The van der Waals surface area contributed by atoms with Gasteiger partial charge < -0.3 is 36.2 Å². The van der Waals surface area contributed by atoms with Crippen molar-refractivity contribution in [2.75, 3.05) is 16.8 Å². The summed E-state index contributed by atoms with van der Waals surface area (Å²) in [5.74, 6) is -1.31. The number of aromatic nitrogens is 1. The Morgan fingerprint density at radius 3 is 1.91 bits per heavy atom. The number of benzene rings is 6. The van der Waals surface area contributed by atoms with Gasteiger partial charge in [0.1, 0.15) is 12.1 Å². The molecule has 0 aliphatic carbocycles. The monoisotopic (exact) mass is 1070 g/mol. The maximum Gasteiger partial charge on any atom is 0.251 e. The quantitative estimate of drug-likeness (QED) is 0.0675. The van der Waals surface area contributed by atoms with Gasteiger partial charge >= 0.3 is 0 Å². The summed E-state index contributed by atoms with van der Waals surface area (Å²) in [5.41, 5.74) is 12.9. The number of nitrogens with one attached hydrogen (secondary N) is 4. The first-order valence-electron chi connectivity index (χ1n) is 26.0. The second-order valence-electron chi connectivity index (χ2n) is 21.2. The van der Waals surface area contributed by atoms with Crippen molar-refractivity contribution in [1.29, 1.82) is 0 Å². The van der Waals surface area contributed by atoms with E-state index in [1.54, 1.807) is 18.3 Å². The molecule has 2 aliphatic heterocycles. The molecule has 1 aromatic heterocycles. The third kappa shape index (κ3) is 12.8. The van der Waals surface area contributed by atoms with Gasteiger partial charge in [-0.05, 0) is 124 Å². The highest BCUT2D eigenvalue weighted by molar-refractivity contribution is 7.13. The van der Waals surface area contributed by atoms with Crippen molar-refractivity contribution in [3.63, 3.8) is 0 Å². The van der Waals surface area contributed by atoms with Crippen molar-refractivity contribution < 1.29 is 29.1 Å². The van der Waals surface area contributed by atoms with Crippen molar-refractivity contribution in [1.82, 2.24) is 25.8 Å². The fourth-order valence-corrected chi connectivity index (χ4v) is 11.3. The largest absolute Gasteiger partial charge is 0.391 e. The second kappa shape index (κ2) is 23.3. The van der Waals surface area contributed by atoms with Crippen LogP contribution in [0.2, 0.25) is 5.02 Å². The molecule has 0 radical (unpaired) electrons. The van der Waals surface area contributed by atoms with Gasteiger partial charge in [0.2, 0.25) is 23.6 Å². The van der Waals surface area contributed by atoms with Gasteiger partial charge in [-0.25, -0.2) is 4.98 Å². The zero-order valence-corrected chi connectivity index (χ0v) is 45.7. The Hall–Kier alpha value is -7.65. The van der Waals surface area contributed by atoms with Gasteiger partial charge in [-0.2, -0.15) is 0 Å². The zero-order chi connectivity index (χ0) is 54.5. The van der Waals surface area contributed by atoms with Gasteiger partial charge in [-0.15, -0.1) is 11.3 Å². The highest BCUT2D eigenvalue weighted by Crippen LogP contribution is 2.41. The fourth-order valence-electron chi connectivity index (χ4n) is 10.3. The molecule has 6 aromatic carbocycles. The van der Waals surface area contributed by atoms with Gasteiger partial charge in [0.05, 0.1) is 34.6 Å². The third-order valence-corrected chi connectivity index (χ3v) is 15.7. The number of carbonyl (C=O) groups is 5. The lowest BCUT2D eigenvalue weighted by molar-refractivity contribution is -0.144. The Morgan fingerprint density at radius 1 is 0.740 bits per heavy atom. The Labute approximate surface area is 459 Å². The van der Waals surface area contributed by atoms with Crippen molar-refractivity contribution in [2.24, 2.45) is 5.41 Å². The van der Waals surface area contributed by atoms with Gasteiger partial charge in [0.25, 0.3) is 5.91 Å². The topological polar surface area (TPSA) is 173 Å². The fraction of sp³-hybridized carbons (Fsp3) is 0.290. The van der Waals surface area contributed by atoms with Crippen molar-refractivity contribution >= 4 is 63.8 Å². The summed E-state index contributed by atoms with van der Waals surface area (Å²) in [6.45, 7) is 11.8. The van der Waals surface area contributed by atoms with Crippen LogP contribution in [0.25, 0.3) is 32.7 Å². The molecular weight excluding hydrogens is 1010 g/mol. The first-order chi connectivity index (χ1) is 36.9. The van der Waals surface area contributed by atoms with Crippen molar-refractivity contribution in [3.8, 4) is 32.7 Å². The van der Waals surface area contributed by atoms with Gasteiger partial charge in [-0.3, -0.25) is 24.0 Å². The zero-order valence-electron chi connectivity index (χ0n) is 44.1. The number of aliphatic hydroxyl groups is 1. The van der Waals surface area contributed by atoms with E-state index < -0.39 is 29.5 Å². The molecule has 0 bridgehead atoms. The van der Waals surface area contributed by atoms with Crippen LogP contribution in [-0.2, 0) is 38.7 Å². The van der Waals surface area contributed by atoms with Crippen LogP contribution in [0.4, 0.5) is 11.4 Å². The number of hydrogen-bond donors (Lipinski definition) is 5. The maximum absolute atomic E-state index is 14.2. The summed E-state index contributed by atoms with van der Waals surface area (Å²) in [6, 6.07) is 42.9. The smallest absolute Gasteiger partial charge is 0.251 e. The molecule has 5 atom stereocenters. The van der Waals surface area contributed by atoms with E-state index in [4.69, 9.17) is 11.6 Å². The number of amides is 5. The molecule has 77 heavy (non-hydrogen) atoms. The van der Waals surface area contributed by atoms with Crippen LogP contribution in [0.15, 0.2) is 145 Å². The Balaban J connectivity index is 0.766. The predicted octanol–water partition coefficient (Wildman–Crippen LogP) is 10.7. The number of thiazole rings is 1. The number of hydrogen-bond acceptors (Lipinski definition) is 9. The summed E-state index contributed by atoms with van der Waals surface area (Å²) in [4.78, 5) is 76.2. The minimum atomic E-state index is -0.946. The van der Waals surface area contributed by atoms with E-state index in [1.165, 1.54) is 4.90 Å². The molecule has 0 unspecified atom stereocenters. The molecule has 1 saturated heterocycles. The average molecular weight is 1070 g/mol. The van der Waals surface area contributed by atoms with Gasteiger partial charge in [0.15, 0.2) is 0 Å². The number of anilines is 2. The SMILES string of the molecule is CC(=O)N1c2ccc(-c3ccc(C(=O)NCc4ccc(-c5ccc(CC(=O)N[C@H](C(=O)N6C[C@H](O)C[C@H]6C(=O)NCc6ccc(-c7scnc7C)cc6)C(C)(C)C)cc5)cc4)cc3)cc2[C@H](Nc2ccc(Cl)cc2)C[C@@H]1C. The minimum Gasteiger partial charge on any atom is -0.391 e. The number of aliphatic hydroxyl groups excluding tert-OH is 1. The molecule has 7 aromatic rings. The Kier molecular flexibility index (Phi) is 16.4. The molecule has 2 aliphatic rings. The summed E-state index contributed by atoms with van der Waals surface area (Å²) in [7, 11) is 0. The highest BCUT2D eigenvalue weighted by Gasteiger charge is 2.44. The number of nitrogens with zero attached hydrogens (tertiary/aromatic N) is 3. The van der Waals surface area contributed by atoms with Crippen LogP contribution in [0, 0.1) is 12.3 Å². The van der Waals surface area contributed by atoms with E-state index in [2.05, 4.69) is 39.2 Å². The summed E-state index contributed by atoms with van der Waals surface area (Å²) >= 11 is 7.73. The van der Waals surface area contributed by atoms with E-state index in [1.807, 2.05) is 172 Å². The summed E-state index contributed by atoms with van der Waals surface area (Å²) in [5, 5.41) is 23.9. The number of fused-ring (bicyclic) bond motifs is 1. The molecule has 13 nitrogen and oxygen atoms in total.